The minimum absolute atomic E-state index is 0.433. The summed E-state index contributed by atoms with van der Waals surface area (Å²) in [6.45, 7) is 6.51. The van der Waals surface area contributed by atoms with Crippen molar-refractivity contribution < 1.29 is 13.3 Å². The molecule has 1 atom stereocenters. The average molecular weight is 207 g/mol. The summed E-state index contributed by atoms with van der Waals surface area (Å²) in [6, 6.07) is 0. The Kier molecular flexibility index (Phi) is 5.27. The molecule has 1 unspecified atom stereocenters. The Morgan fingerprint density at radius 1 is 1.08 bits per heavy atom. The van der Waals surface area contributed by atoms with E-state index in [0.29, 0.717) is 5.16 Å². The first-order chi connectivity index (χ1) is 5.49. The van der Waals surface area contributed by atoms with Crippen LogP contribution in [0.2, 0.25) is 18.3 Å². The standard InChI is InChI=1S/C7H19O3Si2/c1-7(11(8-2)9-3)12(5,6)10-4/h7H,1-6H3. The van der Waals surface area contributed by atoms with Crippen molar-refractivity contribution in [3.63, 3.8) is 0 Å². The predicted octanol–water partition coefficient (Wildman–Crippen LogP) is 1.55. The molecule has 0 aliphatic carbocycles. The molecule has 0 aromatic heterocycles. The summed E-state index contributed by atoms with van der Waals surface area (Å²) in [4.78, 5) is 0. The highest BCUT2D eigenvalue weighted by Crippen LogP contribution is 2.24. The topological polar surface area (TPSA) is 27.7 Å². The van der Waals surface area contributed by atoms with Gasteiger partial charge in [-0.15, -0.1) is 0 Å². The molecule has 0 amide bonds. The molecule has 0 aliphatic rings. The lowest BCUT2D eigenvalue weighted by atomic mass is 10.9. The molecule has 0 bridgehead atoms. The van der Waals surface area contributed by atoms with Crippen LogP contribution >= 0.6 is 0 Å². The fourth-order valence-electron chi connectivity index (χ4n) is 0.897. The van der Waals surface area contributed by atoms with E-state index in [4.69, 9.17) is 13.3 Å². The van der Waals surface area contributed by atoms with Gasteiger partial charge in [0.15, 0.2) is 8.32 Å². The third-order valence-corrected chi connectivity index (χ3v) is 9.77. The molecular weight excluding hydrogens is 188 g/mol. The number of hydrogen-bond acceptors (Lipinski definition) is 3. The zero-order valence-electron chi connectivity index (χ0n) is 8.80. The Hall–Kier alpha value is 0.314. The molecule has 3 nitrogen and oxygen atoms in total. The van der Waals surface area contributed by atoms with Crippen LogP contribution in [-0.2, 0) is 13.3 Å². The summed E-state index contributed by atoms with van der Waals surface area (Å²) in [5.74, 6) is 0. The van der Waals surface area contributed by atoms with Crippen LogP contribution in [0.3, 0.4) is 0 Å². The van der Waals surface area contributed by atoms with Crippen molar-refractivity contribution in [3.8, 4) is 0 Å². The average Bonchev–Trinajstić information content (AvgIpc) is 2.06. The van der Waals surface area contributed by atoms with Gasteiger partial charge in [0.25, 0.3) is 0 Å². The summed E-state index contributed by atoms with van der Waals surface area (Å²) < 4.78 is 16.1. The van der Waals surface area contributed by atoms with Gasteiger partial charge in [-0.2, -0.15) is 0 Å². The fraction of sp³-hybridized carbons (Fsp3) is 1.00. The summed E-state index contributed by atoms with van der Waals surface area (Å²) in [6.07, 6.45) is 0. The smallest absolute Gasteiger partial charge is 0.386 e. The Morgan fingerprint density at radius 2 is 1.50 bits per heavy atom. The molecular formula is C7H19O3Si2. The van der Waals surface area contributed by atoms with Gasteiger partial charge >= 0.3 is 9.28 Å². The first kappa shape index (κ1) is 12.3. The van der Waals surface area contributed by atoms with Crippen molar-refractivity contribution >= 4 is 17.6 Å². The predicted molar refractivity (Wildman–Crippen MR) is 53.7 cm³/mol. The highest BCUT2D eigenvalue weighted by Gasteiger charge is 2.38. The van der Waals surface area contributed by atoms with Gasteiger partial charge in [-0.25, -0.2) is 0 Å². The first-order valence-corrected chi connectivity index (χ1v) is 8.37. The molecule has 0 saturated carbocycles. The second kappa shape index (κ2) is 5.13. The quantitative estimate of drug-likeness (QED) is 0.640. The van der Waals surface area contributed by atoms with E-state index < -0.39 is 17.6 Å². The summed E-state index contributed by atoms with van der Waals surface area (Å²) in [7, 11) is 2.45. The van der Waals surface area contributed by atoms with E-state index in [1.54, 1.807) is 21.3 Å². The number of rotatable bonds is 5. The van der Waals surface area contributed by atoms with Crippen LogP contribution in [0.4, 0.5) is 0 Å². The maximum Gasteiger partial charge on any atom is 0.386 e. The lowest BCUT2D eigenvalue weighted by Crippen LogP contribution is -2.44. The molecule has 0 heterocycles. The third kappa shape index (κ3) is 2.98. The van der Waals surface area contributed by atoms with E-state index in [1.165, 1.54) is 0 Å². The largest absolute Gasteiger partial charge is 0.420 e. The van der Waals surface area contributed by atoms with Gasteiger partial charge in [-0.05, 0) is 13.1 Å². The van der Waals surface area contributed by atoms with E-state index >= 15 is 0 Å². The second-order valence-electron chi connectivity index (χ2n) is 3.26. The molecule has 12 heavy (non-hydrogen) atoms. The van der Waals surface area contributed by atoms with Gasteiger partial charge < -0.3 is 13.3 Å². The first-order valence-electron chi connectivity index (χ1n) is 3.99. The van der Waals surface area contributed by atoms with Crippen LogP contribution in [0.1, 0.15) is 6.92 Å². The van der Waals surface area contributed by atoms with E-state index in [9.17, 15) is 0 Å². The molecule has 73 valence electrons. The Labute approximate surface area is 78.0 Å². The third-order valence-electron chi connectivity index (χ3n) is 2.32. The van der Waals surface area contributed by atoms with Crippen molar-refractivity contribution in [2.45, 2.75) is 25.2 Å². The zero-order valence-corrected chi connectivity index (χ0v) is 10.8. The Morgan fingerprint density at radius 3 is 1.75 bits per heavy atom. The molecule has 0 rings (SSSR count). The van der Waals surface area contributed by atoms with E-state index in [2.05, 4.69) is 20.0 Å². The molecule has 1 radical (unpaired) electrons. The SMILES string of the molecule is CO[Si](OC)C(C)[Si](C)(C)OC. The van der Waals surface area contributed by atoms with Crippen LogP contribution in [-0.4, -0.2) is 38.9 Å². The lowest BCUT2D eigenvalue weighted by molar-refractivity contribution is 0.269. The monoisotopic (exact) mass is 207 g/mol. The minimum Gasteiger partial charge on any atom is -0.420 e. The van der Waals surface area contributed by atoms with Gasteiger partial charge in [-0.1, -0.05) is 6.92 Å². The van der Waals surface area contributed by atoms with Crippen LogP contribution in [0, 0.1) is 0 Å². The van der Waals surface area contributed by atoms with Gasteiger partial charge in [0.1, 0.15) is 0 Å². The summed E-state index contributed by atoms with van der Waals surface area (Å²) >= 11 is 0. The maximum absolute atomic E-state index is 5.49. The molecule has 0 saturated heterocycles. The number of hydrogen-bond donors (Lipinski definition) is 0. The van der Waals surface area contributed by atoms with Crippen LogP contribution < -0.4 is 0 Å². The van der Waals surface area contributed by atoms with Gasteiger partial charge in [-0.3, -0.25) is 0 Å². The van der Waals surface area contributed by atoms with Crippen LogP contribution in [0.25, 0.3) is 0 Å². The van der Waals surface area contributed by atoms with E-state index in [0.717, 1.165) is 0 Å². The highest BCUT2D eigenvalue weighted by molar-refractivity contribution is 6.83. The van der Waals surface area contributed by atoms with Crippen molar-refractivity contribution in [2.75, 3.05) is 21.3 Å². The highest BCUT2D eigenvalue weighted by atomic mass is 28.4. The summed E-state index contributed by atoms with van der Waals surface area (Å²) in [5, 5.41) is 0.433. The summed E-state index contributed by atoms with van der Waals surface area (Å²) in [5.41, 5.74) is 0. The van der Waals surface area contributed by atoms with Crippen LogP contribution in [0.5, 0.6) is 0 Å². The van der Waals surface area contributed by atoms with E-state index in [1.807, 2.05) is 0 Å². The molecule has 5 heteroatoms. The van der Waals surface area contributed by atoms with E-state index in [-0.39, 0.29) is 0 Å². The van der Waals surface area contributed by atoms with Crippen molar-refractivity contribution in [3.05, 3.63) is 0 Å². The molecule has 0 spiro atoms. The normalized spacial score (nSPS) is 15.2. The Balaban J connectivity index is 4.23. The van der Waals surface area contributed by atoms with Crippen molar-refractivity contribution in [2.24, 2.45) is 0 Å². The van der Waals surface area contributed by atoms with Gasteiger partial charge in [0.2, 0.25) is 0 Å². The van der Waals surface area contributed by atoms with Crippen molar-refractivity contribution in [1.29, 1.82) is 0 Å². The Bertz CT molecular complexity index is 126. The molecule has 0 aromatic rings. The second-order valence-corrected chi connectivity index (χ2v) is 10.6. The molecule has 0 N–H and O–H groups in total. The lowest BCUT2D eigenvalue weighted by Gasteiger charge is -2.29. The molecule has 0 fully saturated rings. The fourth-order valence-corrected chi connectivity index (χ4v) is 5.46. The maximum atomic E-state index is 5.49. The van der Waals surface area contributed by atoms with Gasteiger partial charge in [0.05, 0.1) is 0 Å². The zero-order chi connectivity index (χ0) is 9.78. The molecule has 0 aromatic carbocycles. The van der Waals surface area contributed by atoms with Crippen molar-refractivity contribution in [1.82, 2.24) is 0 Å². The molecule has 0 aliphatic heterocycles. The van der Waals surface area contributed by atoms with Crippen LogP contribution in [0.15, 0.2) is 0 Å². The minimum atomic E-state index is -1.59. The van der Waals surface area contributed by atoms with Gasteiger partial charge in [0, 0.05) is 26.5 Å².